The maximum Gasteiger partial charge on any atom is 0.328 e. The van der Waals surface area contributed by atoms with Gasteiger partial charge in [0.2, 0.25) is 5.91 Å². The minimum Gasteiger partial charge on any atom is -0.464 e. The molecule has 174 valence electrons. The molecule has 1 fully saturated rings. The number of rotatable bonds is 20. The van der Waals surface area contributed by atoms with E-state index in [0.717, 1.165) is 12.8 Å². The second-order valence-corrected chi connectivity index (χ2v) is 8.82. The van der Waals surface area contributed by atoms with Crippen molar-refractivity contribution in [1.29, 1.82) is 0 Å². The Balaban J connectivity index is 1.72. The Labute approximate surface area is 185 Å². The molecular weight excluding hydrogens is 374 g/mol. The Bertz CT molecular complexity index is 461. The maximum atomic E-state index is 11.7. The van der Waals surface area contributed by atoms with Crippen molar-refractivity contribution in [3.8, 4) is 0 Å². The van der Waals surface area contributed by atoms with Crippen molar-refractivity contribution in [3.63, 3.8) is 0 Å². The molecular formula is C26H47NO3. The summed E-state index contributed by atoms with van der Waals surface area (Å²) in [6.07, 6.45) is 27.9. The minimum atomic E-state index is -0.408. The zero-order valence-corrected chi connectivity index (χ0v) is 19.6. The highest BCUT2D eigenvalue weighted by Crippen LogP contribution is 2.13. The molecule has 0 saturated carbocycles. The molecule has 0 radical (unpaired) electrons. The lowest BCUT2D eigenvalue weighted by molar-refractivity contribution is -0.146. The third kappa shape index (κ3) is 15.5. The molecule has 0 spiro atoms. The van der Waals surface area contributed by atoms with Gasteiger partial charge in [-0.05, 0) is 38.5 Å². The Morgan fingerprint density at radius 1 is 0.833 bits per heavy atom. The zero-order chi connectivity index (χ0) is 21.7. The van der Waals surface area contributed by atoms with Gasteiger partial charge in [-0.15, -0.1) is 0 Å². The first kappa shape index (κ1) is 26.7. The van der Waals surface area contributed by atoms with Crippen LogP contribution in [0.5, 0.6) is 0 Å². The standard InChI is InChI=1S/C26H47NO3/c1-2-3-4-5-6-7-8-9-10-11-12-13-14-15-16-17-18-19-20-23-30-26(29)24-21-22-25(28)27-24/h6-7,24H,2-5,8-23H2,1H3,(H,27,28)/b7-6+/t24-/m0/s1. The van der Waals surface area contributed by atoms with E-state index in [9.17, 15) is 9.59 Å². The van der Waals surface area contributed by atoms with Gasteiger partial charge in [0.15, 0.2) is 0 Å². The van der Waals surface area contributed by atoms with E-state index in [1.807, 2.05) is 0 Å². The molecule has 1 rings (SSSR count). The monoisotopic (exact) mass is 421 g/mol. The van der Waals surface area contributed by atoms with Gasteiger partial charge in [-0.1, -0.05) is 96.1 Å². The third-order valence-electron chi connectivity index (χ3n) is 5.93. The lowest BCUT2D eigenvalue weighted by Gasteiger charge is -2.09. The van der Waals surface area contributed by atoms with Crippen molar-refractivity contribution in [2.24, 2.45) is 0 Å². The Kier molecular flexibility index (Phi) is 17.5. The molecule has 0 unspecified atom stereocenters. The lowest BCUT2D eigenvalue weighted by Crippen LogP contribution is -2.34. The van der Waals surface area contributed by atoms with Crippen LogP contribution in [-0.2, 0) is 14.3 Å². The first-order chi connectivity index (χ1) is 14.7. The van der Waals surface area contributed by atoms with E-state index in [0.29, 0.717) is 19.4 Å². The summed E-state index contributed by atoms with van der Waals surface area (Å²) in [6.45, 7) is 2.75. The van der Waals surface area contributed by atoms with E-state index in [2.05, 4.69) is 24.4 Å². The molecule has 30 heavy (non-hydrogen) atoms. The average molecular weight is 422 g/mol. The summed E-state index contributed by atoms with van der Waals surface area (Å²) in [5.74, 6) is -0.308. The fourth-order valence-corrected chi connectivity index (χ4v) is 3.94. The summed E-state index contributed by atoms with van der Waals surface area (Å²) >= 11 is 0. The van der Waals surface area contributed by atoms with E-state index in [1.54, 1.807) is 0 Å². The summed E-state index contributed by atoms with van der Waals surface area (Å²) in [5, 5.41) is 2.65. The maximum absolute atomic E-state index is 11.7. The van der Waals surface area contributed by atoms with Crippen LogP contribution in [0.1, 0.15) is 129 Å². The normalized spacial score (nSPS) is 16.3. The number of ether oxygens (including phenoxy) is 1. The number of nitrogens with one attached hydrogen (secondary N) is 1. The van der Waals surface area contributed by atoms with E-state index in [-0.39, 0.29) is 11.9 Å². The number of hydrogen-bond donors (Lipinski definition) is 1. The Hall–Kier alpha value is -1.32. The van der Waals surface area contributed by atoms with Gasteiger partial charge in [0.05, 0.1) is 6.61 Å². The summed E-state index contributed by atoms with van der Waals surface area (Å²) in [6, 6.07) is -0.408. The SMILES string of the molecule is CCCCC/C=C/CCCCCCCCCCCCCCOC(=O)[C@@H]1CCC(=O)N1. The molecule has 0 aromatic rings. The molecule has 1 aliphatic heterocycles. The second kappa shape index (κ2) is 19.6. The van der Waals surface area contributed by atoms with E-state index >= 15 is 0 Å². The number of amides is 1. The van der Waals surface area contributed by atoms with E-state index in [1.165, 1.54) is 96.3 Å². The van der Waals surface area contributed by atoms with Gasteiger partial charge in [-0.2, -0.15) is 0 Å². The molecule has 1 N–H and O–H groups in total. The fraction of sp³-hybridized carbons (Fsp3) is 0.846. The Morgan fingerprint density at radius 3 is 1.83 bits per heavy atom. The van der Waals surface area contributed by atoms with Crippen molar-refractivity contribution in [2.45, 2.75) is 135 Å². The zero-order valence-electron chi connectivity index (χ0n) is 19.6. The van der Waals surface area contributed by atoms with Gasteiger partial charge in [0.25, 0.3) is 0 Å². The molecule has 0 bridgehead atoms. The van der Waals surface area contributed by atoms with Gasteiger partial charge < -0.3 is 10.1 Å². The quantitative estimate of drug-likeness (QED) is 0.131. The van der Waals surface area contributed by atoms with Gasteiger partial charge in [-0.3, -0.25) is 4.79 Å². The highest BCUT2D eigenvalue weighted by molar-refractivity contribution is 5.87. The molecule has 4 nitrogen and oxygen atoms in total. The smallest absolute Gasteiger partial charge is 0.328 e. The molecule has 1 saturated heterocycles. The van der Waals surface area contributed by atoms with Gasteiger partial charge >= 0.3 is 5.97 Å². The molecule has 0 aliphatic carbocycles. The number of esters is 1. The van der Waals surface area contributed by atoms with Crippen LogP contribution in [0.3, 0.4) is 0 Å². The molecule has 4 heteroatoms. The largest absolute Gasteiger partial charge is 0.464 e. The molecule has 0 aromatic heterocycles. The van der Waals surface area contributed by atoms with Crippen LogP contribution in [0, 0.1) is 0 Å². The minimum absolute atomic E-state index is 0.0436. The van der Waals surface area contributed by atoms with Crippen LogP contribution < -0.4 is 5.32 Å². The van der Waals surface area contributed by atoms with Crippen LogP contribution >= 0.6 is 0 Å². The summed E-state index contributed by atoms with van der Waals surface area (Å²) in [4.78, 5) is 22.8. The lowest BCUT2D eigenvalue weighted by atomic mass is 10.0. The highest BCUT2D eigenvalue weighted by atomic mass is 16.5. The molecule has 0 aromatic carbocycles. The van der Waals surface area contributed by atoms with E-state index < -0.39 is 6.04 Å². The second-order valence-electron chi connectivity index (χ2n) is 8.82. The van der Waals surface area contributed by atoms with Crippen molar-refractivity contribution < 1.29 is 14.3 Å². The number of unbranched alkanes of at least 4 members (excludes halogenated alkanes) is 15. The predicted octanol–water partition coefficient (Wildman–Crippen LogP) is 7.02. The van der Waals surface area contributed by atoms with Crippen LogP contribution in [0.25, 0.3) is 0 Å². The van der Waals surface area contributed by atoms with E-state index in [4.69, 9.17) is 4.74 Å². The van der Waals surface area contributed by atoms with Crippen LogP contribution in [0.15, 0.2) is 12.2 Å². The molecule has 1 amide bonds. The number of carbonyl (C=O) groups excluding carboxylic acids is 2. The molecule has 1 aliphatic rings. The fourth-order valence-electron chi connectivity index (χ4n) is 3.94. The first-order valence-electron chi connectivity index (χ1n) is 12.8. The predicted molar refractivity (Wildman–Crippen MR) is 125 cm³/mol. The van der Waals surface area contributed by atoms with Crippen molar-refractivity contribution >= 4 is 11.9 Å². The van der Waals surface area contributed by atoms with Crippen LogP contribution in [0.2, 0.25) is 0 Å². The number of allylic oxidation sites excluding steroid dienone is 2. The third-order valence-corrected chi connectivity index (χ3v) is 5.93. The number of hydrogen-bond acceptors (Lipinski definition) is 3. The van der Waals surface area contributed by atoms with Gasteiger partial charge in [-0.25, -0.2) is 4.79 Å². The van der Waals surface area contributed by atoms with Crippen LogP contribution in [-0.4, -0.2) is 24.5 Å². The van der Waals surface area contributed by atoms with Crippen molar-refractivity contribution in [3.05, 3.63) is 12.2 Å². The summed E-state index contributed by atoms with van der Waals surface area (Å²) < 4.78 is 5.25. The summed E-state index contributed by atoms with van der Waals surface area (Å²) in [7, 11) is 0. The summed E-state index contributed by atoms with van der Waals surface area (Å²) in [5.41, 5.74) is 0. The Morgan fingerprint density at radius 2 is 1.33 bits per heavy atom. The van der Waals surface area contributed by atoms with Gasteiger partial charge in [0.1, 0.15) is 6.04 Å². The highest BCUT2D eigenvalue weighted by Gasteiger charge is 2.28. The average Bonchev–Trinajstić information content (AvgIpc) is 3.18. The topological polar surface area (TPSA) is 55.4 Å². The molecule has 1 atom stereocenters. The van der Waals surface area contributed by atoms with Crippen molar-refractivity contribution in [2.75, 3.05) is 6.61 Å². The number of carbonyl (C=O) groups is 2. The first-order valence-corrected chi connectivity index (χ1v) is 12.8. The van der Waals surface area contributed by atoms with Crippen molar-refractivity contribution in [1.82, 2.24) is 5.32 Å². The molecule has 1 heterocycles. The van der Waals surface area contributed by atoms with Gasteiger partial charge in [0, 0.05) is 6.42 Å². The van der Waals surface area contributed by atoms with Crippen LogP contribution in [0.4, 0.5) is 0 Å².